The van der Waals surface area contributed by atoms with E-state index in [2.05, 4.69) is 6.58 Å². The van der Waals surface area contributed by atoms with Gasteiger partial charge in [-0.15, -0.1) is 6.58 Å². The van der Waals surface area contributed by atoms with Gasteiger partial charge in [0.1, 0.15) is 0 Å². The average molecular weight is 230 g/mol. The van der Waals surface area contributed by atoms with Crippen molar-refractivity contribution < 1.29 is 4.79 Å². The lowest BCUT2D eigenvalue weighted by Gasteiger charge is -2.20. The Balaban J connectivity index is 3.79. The van der Waals surface area contributed by atoms with Crippen molar-refractivity contribution in [2.75, 3.05) is 25.6 Å². The van der Waals surface area contributed by atoms with Crippen molar-refractivity contribution >= 4 is 17.7 Å². The molecule has 0 unspecified atom stereocenters. The second-order valence-electron chi connectivity index (χ2n) is 3.58. The fourth-order valence-corrected chi connectivity index (χ4v) is 1.72. The summed E-state index contributed by atoms with van der Waals surface area (Å²) >= 11 is 1.72. The Kier molecular flexibility index (Phi) is 8.52. The van der Waals surface area contributed by atoms with E-state index < -0.39 is 0 Å². The van der Waals surface area contributed by atoms with E-state index in [1.807, 2.05) is 19.4 Å². The predicted molar refractivity (Wildman–Crippen MR) is 68.0 cm³/mol. The van der Waals surface area contributed by atoms with Crippen LogP contribution in [0.5, 0.6) is 0 Å². The average Bonchev–Trinajstić information content (AvgIpc) is 2.24. The number of nitrogens with zero attached hydrogens (tertiary/aromatic N) is 1. The first kappa shape index (κ1) is 14.5. The summed E-state index contributed by atoms with van der Waals surface area (Å²) in [6.07, 6.45) is 6.54. The normalized spacial score (nSPS) is 12.2. The highest BCUT2D eigenvalue weighted by Crippen LogP contribution is 2.02. The standard InChI is InChI=1S/C11H22N2OS/c1-4-5-6-8-13(2)11(14)10(12)7-9-15-3/h4,10H,1,5-9,12H2,2-3H3/t10-/m1/s1. The maximum atomic E-state index is 11.7. The summed E-state index contributed by atoms with van der Waals surface area (Å²) < 4.78 is 0. The lowest BCUT2D eigenvalue weighted by molar-refractivity contribution is -0.131. The minimum absolute atomic E-state index is 0.0492. The van der Waals surface area contributed by atoms with E-state index in [9.17, 15) is 4.79 Å². The first-order valence-electron chi connectivity index (χ1n) is 5.23. The Morgan fingerprint density at radius 1 is 1.67 bits per heavy atom. The number of rotatable bonds is 8. The van der Waals surface area contributed by atoms with Crippen LogP contribution in [0, 0.1) is 0 Å². The molecule has 0 saturated carbocycles. The molecule has 0 bridgehead atoms. The topological polar surface area (TPSA) is 46.3 Å². The number of hydrogen-bond acceptors (Lipinski definition) is 3. The van der Waals surface area contributed by atoms with Gasteiger partial charge < -0.3 is 10.6 Å². The van der Waals surface area contributed by atoms with E-state index in [4.69, 9.17) is 5.73 Å². The zero-order chi connectivity index (χ0) is 11.7. The lowest BCUT2D eigenvalue weighted by Crippen LogP contribution is -2.42. The number of likely N-dealkylation sites (N-methyl/N-ethyl adjacent to an activating group) is 1. The number of nitrogens with two attached hydrogens (primary N) is 1. The third-order valence-electron chi connectivity index (χ3n) is 2.23. The van der Waals surface area contributed by atoms with Gasteiger partial charge >= 0.3 is 0 Å². The van der Waals surface area contributed by atoms with Gasteiger partial charge in [-0.05, 0) is 31.3 Å². The Bertz CT molecular complexity index is 197. The van der Waals surface area contributed by atoms with Gasteiger partial charge in [0, 0.05) is 13.6 Å². The van der Waals surface area contributed by atoms with Crippen LogP contribution in [-0.2, 0) is 4.79 Å². The molecule has 0 saturated heterocycles. The number of allylic oxidation sites excluding steroid dienone is 1. The molecule has 2 N–H and O–H groups in total. The second kappa shape index (κ2) is 8.80. The molecule has 0 aliphatic carbocycles. The van der Waals surface area contributed by atoms with Gasteiger partial charge in [0.15, 0.2) is 0 Å². The summed E-state index contributed by atoms with van der Waals surface area (Å²) in [5, 5.41) is 0. The quantitative estimate of drug-likeness (QED) is 0.507. The first-order chi connectivity index (χ1) is 7.13. The molecular formula is C11H22N2OS. The molecular weight excluding hydrogens is 208 g/mol. The molecule has 0 rings (SSSR count). The fraction of sp³-hybridized carbons (Fsp3) is 0.727. The Morgan fingerprint density at radius 2 is 2.33 bits per heavy atom. The van der Waals surface area contributed by atoms with Crippen molar-refractivity contribution in [1.29, 1.82) is 0 Å². The van der Waals surface area contributed by atoms with Crippen molar-refractivity contribution in [3.8, 4) is 0 Å². The number of carbonyl (C=O) groups is 1. The van der Waals surface area contributed by atoms with Gasteiger partial charge in [-0.25, -0.2) is 0 Å². The molecule has 0 aromatic heterocycles. The lowest BCUT2D eigenvalue weighted by atomic mass is 10.2. The Labute approximate surface area is 97.1 Å². The molecule has 4 heteroatoms. The molecule has 0 aliphatic heterocycles. The highest BCUT2D eigenvalue weighted by molar-refractivity contribution is 7.98. The van der Waals surface area contributed by atoms with Gasteiger partial charge in [0.2, 0.25) is 5.91 Å². The smallest absolute Gasteiger partial charge is 0.239 e. The van der Waals surface area contributed by atoms with Crippen LogP contribution in [-0.4, -0.2) is 42.4 Å². The maximum Gasteiger partial charge on any atom is 0.239 e. The molecule has 88 valence electrons. The third kappa shape index (κ3) is 6.57. The van der Waals surface area contributed by atoms with Crippen LogP contribution in [0.2, 0.25) is 0 Å². The van der Waals surface area contributed by atoms with Gasteiger partial charge in [-0.3, -0.25) is 4.79 Å². The molecule has 3 nitrogen and oxygen atoms in total. The monoisotopic (exact) mass is 230 g/mol. The van der Waals surface area contributed by atoms with Crippen LogP contribution >= 0.6 is 11.8 Å². The fourth-order valence-electron chi connectivity index (χ4n) is 1.23. The predicted octanol–water partition coefficient (Wildman–Crippen LogP) is 1.49. The summed E-state index contributed by atoms with van der Waals surface area (Å²) in [6, 6.07) is -0.341. The van der Waals surface area contributed by atoms with E-state index in [0.717, 1.165) is 31.6 Å². The van der Waals surface area contributed by atoms with Crippen molar-refractivity contribution in [3.05, 3.63) is 12.7 Å². The van der Waals surface area contributed by atoms with Gasteiger partial charge in [-0.1, -0.05) is 6.08 Å². The molecule has 1 amide bonds. The number of hydrogen-bond donors (Lipinski definition) is 1. The zero-order valence-electron chi connectivity index (χ0n) is 9.74. The Hall–Kier alpha value is -0.480. The molecule has 0 spiro atoms. The molecule has 1 atom stereocenters. The number of unbranched alkanes of at least 4 members (excludes halogenated alkanes) is 1. The summed E-state index contributed by atoms with van der Waals surface area (Å²) in [6.45, 7) is 4.41. The number of amides is 1. The van der Waals surface area contributed by atoms with E-state index >= 15 is 0 Å². The van der Waals surface area contributed by atoms with Crippen LogP contribution in [0.1, 0.15) is 19.3 Å². The van der Waals surface area contributed by atoms with Gasteiger partial charge in [0.25, 0.3) is 0 Å². The molecule has 0 heterocycles. The molecule has 0 aromatic carbocycles. The van der Waals surface area contributed by atoms with Crippen LogP contribution in [0.25, 0.3) is 0 Å². The Morgan fingerprint density at radius 3 is 2.87 bits per heavy atom. The van der Waals surface area contributed by atoms with E-state index in [0.29, 0.717) is 0 Å². The van der Waals surface area contributed by atoms with Crippen LogP contribution < -0.4 is 5.73 Å². The van der Waals surface area contributed by atoms with Crippen molar-refractivity contribution in [1.82, 2.24) is 4.90 Å². The van der Waals surface area contributed by atoms with Crippen LogP contribution in [0.15, 0.2) is 12.7 Å². The summed E-state index contributed by atoms with van der Waals surface area (Å²) in [5.74, 6) is 0.987. The molecule has 0 fully saturated rings. The van der Waals surface area contributed by atoms with Crippen molar-refractivity contribution in [3.63, 3.8) is 0 Å². The minimum Gasteiger partial charge on any atom is -0.344 e. The summed E-state index contributed by atoms with van der Waals surface area (Å²) in [7, 11) is 1.81. The third-order valence-corrected chi connectivity index (χ3v) is 2.87. The molecule has 0 radical (unpaired) electrons. The SMILES string of the molecule is C=CCCCN(C)C(=O)[C@H](N)CCSC. The van der Waals surface area contributed by atoms with Gasteiger partial charge in [-0.2, -0.15) is 11.8 Å². The number of thioether (sulfide) groups is 1. The van der Waals surface area contributed by atoms with Crippen molar-refractivity contribution in [2.45, 2.75) is 25.3 Å². The van der Waals surface area contributed by atoms with E-state index in [-0.39, 0.29) is 11.9 Å². The minimum atomic E-state index is -0.341. The van der Waals surface area contributed by atoms with Crippen molar-refractivity contribution in [2.24, 2.45) is 5.73 Å². The largest absolute Gasteiger partial charge is 0.344 e. The van der Waals surface area contributed by atoms with E-state index in [1.54, 1.807) is 16.7 Å². The second-order valence-corrected chi connectivity index (χ2v) is 4.56. The zero-order valence-corrected chi connectivity index (χ0v) is 10.6. The van der Waals surface area contributed by atoms with Gasteiger partial charge in [0.05, 0.1) is 6.04 Å². The summed E-state index contributed by atoms with van der Waals surface area (Å²) in [5.41, 5.74) is 5.78. The maximum absolute atomic E-state index is 11.7. The summed E-state index contributed by atoms with van der Waals surface area (Å²) in [4.78, 5) is 13.4. The molecule has 0 aromatic rings. The van der Waals surface area contributed by atoms with Crippen LogP contribution in [0.4, 0.5) is 0 Å². The molecule has 0 aliphatic rings. The van der Waals surface area contributed by atoms with E-state index in [1.165, 1.54) is 0 Å². The number of carbonyl (C=O) groups excluding carboxylic acids is 1. The highest BCUT2D eigenvalue weighted by atomic mass is 32.2. The first-order valence-corrected chi connectivity index (χ1v) is 6.63. The molecule has 15 heavy (non-hydrogen) atoms. The highest BCUT2D eigenvalue weighted by Gasteiger charge is 2.16. The van der Waals surface area contributed by atoms with Crippen LogP contribution in [0.3, 0.4) is 0 Å².